The van der Waals surface area contributed by atoms with E-state index in [1.54, 1.807) is 12.1 Å². The van der Waals surface area contributed by atoms with E-state index >= 15 is 0 Å². The van der Waals surface area contributed by atoms with Crippen LogP contribution in [0.25, 0.3) is 0 Å². The highest BCUT2D eigenvalue weighted by atomic mass is 16.6. The Kier molecular flexibility index (Phi) is 6.16. The number of anilines is 3. The van der Waals surface area contributed by atoms with Gasteiger partial charge < -0.3 is 15.1 Å². The molecule has 158 valence electrons. The van der Waals surface area contributed by atoms with Gasteiger partial charge in [-0.2, -0.15) is 0 Å². The van der Waals surface area contributed by atoms with Crippen molar-refractivity contribution in [2.24, 2.45) is 5.92 Å². The largest absolute Gasteiger partial charge is 0.370 e. The summed E-state index contributed by atoms with van der Waals surface area (Å²) in [6.07, 6.45) is 5.01. The zero-order chi connectivity index (χ0) is 20.9. The number of nitrogens with one attached hydrogen (secondary N) is 1. The molecule has 2 aliphatic heterocycles. The van der Waals surface area contributed by atoms with Gasteiger partial charge in [0, 0.05) is 38.2 Å². The smallest absolute Gasteiger partial charge is 0.292 e. The van der Waals surface area contributed by atoms with Crippen molar-refractivity contribution >= 4 is 28.7 Å². The number of rotatable bonds is 5. The van der Waals surface area contributed by atoms with E-state index in [1.807, 2.05) is 29.2 Å². The van der Waals surface area contributed by atoms with E-state index in [-0.39, 0.29) is 22.4 Å². The van der Waals surface area contributed by atoms with Crippen LogP contribution < -0.4 is 15.1 Å². The van der Waals surface area contributed by atoms with Crippen molar-refractivity contribution < 1.29 is 9.72 Å². The molecule has 1 N–H and O–H groups in total. The predicted molar refractivity (Wildman–Crippen MR) is 119 cm³/mol. The summed E-state index contributed by atoms with van der Waals surface area (Å²) in [4.78, 5) is 28.3. The maximum absolute atomic E-state index is 13.0. The summed E-state index contributed by atoms with van der Waals surface area (Å²) in [5, 5.41) is 14.5. The van der Waals surface area contributed by atoms with Gasteiger partial charge in [0.15, 0.2) is 0 Å². The molecule has 0 radical (unpaired) electrons. The number of piperidine rings is 2. The van der Waals surface area contributed by atoms with Crippen LogP contribution in [0.5, 0.6) is 0 Å². The highest BCUT2D eigenvalue weighted by Crippen LogP contribution is 2.33. The number of carbonyl (C=O) groups excluding carboxylic acids is 1. The van der Waals surface area contributed by atoms with Crippen molar-refractivity contribution in [1.82, 2.24) is 0 Å². The molecule has 30 heavy (non-hydrogen) atoms. The van der Waals surface area contributed by atoms with Crippen LogP contribution in [0.3, 0.4) is 0 Å². The molecule has 0 saturated carbocycles. The Bertz CT molecular complexity index is 903. The number of hydrogen-bond acceptors (Lipinski definition) is 5. The first kappa shape index (κ1) is 20.2. The fourth-order valence-corrected chi connectivity index (χ4v) is 4.49. The Balaban J connectivity index is 1.40. The number of hydrogen-bond donors (Lipinski definition) is 1. The van der Waals surface area contributed by atoms with Crippen LogP contribution in [0.2, 0.25) is 0 Å². The van der Waals surface area contributed by atoms with E-state index < -0.39 is 0 Å². The summed E-state index contributed by atoms with van der Waals surface area (Å²) in [5.74, 6) is -0.0416. The van der Waals surface area contributed by atoms with Crippen LogP contribution >= 0.6 is 0 Å². The molecule has 2 aromatic carbocycles. The van der Waals surface area contributed by atoms with Crippen LogP contribution in [0.4, 0.5) is 22.7 Å². The van der Waals surface area contributed by atoms with Gasteiger partial charge in [-0.3, -0.25) is 14.9 Å². The maximum Gasteiger partial charge on any atom is 0.292 e. The topological polar surface area (TPSA) is 78.7 Å². The van der Waals surface area contributed by atoms with Gasteiger partial charge in [0.2, 0.25) is 5.91 Å². The highest BCUT2D eigenvalue weighted by molar-refractivity contribution is 5.96. The van der Waals surface area contributed by atoms with Gasteiger partial charge in [0.05, 0.1) is 16.3 Å². The summed E-state index contributed by atoms with van der Waals surface area (Å²) in [6, 6.07) is 14.9. The second-order valence-electron chi connectivity index (χ2n) is 8.06. The lowest BCUT2D eigenvalue weighted by atomic mass is 9.95. The molecule has 0 atom stereocenters. The van der Waals surface area contributed by atoms with Crippen molar-refractivity contribution in [1.29, 1.82) is 0 Å². The first-order chi connectivity index (χ1) is 14.6. The quantitative estimate of drug-likeness (QED) is 0.584. The third-order valence-electron chi connectivity index (χ3n) is 6.14. The zero-order valence-electron chi connectivity index (χ0n) is 17.1. The van der Waals surface area contributed by atoms with Crippen molar-refractivity contribution in [3.05, 3.63) is 58.6 Å². The Morgan fingerprint density at radius 3 is 2.17 bits per heavy atom. The lowest BCUT2D eigenvalue weighted by Crippen LogP contribution is -2.38. The van der Waals surface area contributed by atoms with Gasteiger partial charge in [-0.25, -0.2) is 0 Å². The lowest BCUT2D eigenvalue weighted by Gasteiger charge is -2.33. The molecular formula is C23H28N4O3. The molecule has 0 spiro atoms. The second-order valence-corrected chi connectivity index (χ2v) is 8.06. The number of benzene rings is 2. The van der Waals surface area contributed by atoms with E-state index in [2.05, 4.69) is 16.3 Å². The summed E-state index contributed by atoms with van der Waals surface area (Å²) in [7, 11) is 0. The fourth-order valence-electron chi connectivity index (χ4n) is 4.49. The minimum absolute atomic E-state index is 0.0432. The Labute approximate surface area is 176 Å². The fraction of sp³-hybridized carbons (Fsp3) is 0.435. The minimum Gasteiger partial charge on any atom is -0.370 e. The summed E-state index contributed by atoms with van der Waals surface area (Å²) < 4.78 is 0. The second kappa shape index (κ2) is 9.15. The maximum atomic E-state index is 13.0. The third kappa shape index (κ3) is 4.40. The molecule has 4 rings (SSSR count). The van der Waals surface area contributed by atoms with Gasteiger partial charge in [-0.05, 0) is 50.3 Å². The number of para-hydroxylation sites is 4. The minimum atomic E-state index is -0.342. The van der Waals surface area contributed by atoms with Gasteiger partial charge in [-0.1, -0.05) is 24.3 Å². The van der Waals surface area contributed by atoms with E-state index in [0.717, 1.165) is 24.5 Å². The Morgan fingerprint density at radius 2 is 1.47 bits per heavy atom. The first-order valence-electron chi connectivity index (χ1n) is 10.8. The molecule has 2 saturated heterocycles. The molecular weight excluding hydrogens is 380 g/mol. The molecule has 0 bridgehead atoms. The molecule has 2 fully saturated rings. The Morgan fingerprint density at radius 1 is 0.867 bits per heavy atom. The van der Waals surface area contributed by atoms with Crippen molar-refractivity contribution in [2.45, 2.75) is 32.1 Å². The lowest BCUT2D eigenvalue weighted by molar-refractivity contribution is -0.384. The van der Waals surface area contributed by atoms with E-state index in [9.17, 15) is 14.9 Å². The van der Waals surface area contributed by atoms with E-state index in [0.29, 0.717) is 31.6 Å². The summed E-state index contributed by atoms with van der Waals surface area (Å²) >= 11 is 0. The van der Waals surface area contributed by atoms with Crippen LogP contribution in [-0.4, -0.2) is 37.0 Å². The number of nitro groups is 1. The van der Waals surface area contributed by atoms with Crippen LogP contribution in [0, 0.1) is 16.0 Å². The van der Waals surface area contributed by atoms with Crippen LogP contribution in [-0.2, 0) is 4.79 Å². The first-order valence-corrected chi connectivity index (χ1v) is 10.8. The average Bonchev–Trinajstić information content (AvgIpc) is 2.80. The van der Waals surface area contributed by atoms with Crippen LogP contribution in [0.1, 0.15) is 32.1 Å². The van der Waals surface area contributed by atoms with Gasteiger partial charge in [0.1, 0.15) is 5.69 Å². The van der Waals surface area contributed by atoms with Gasteiger partial charge >= 0.3 is 0 Å². The molecule has 2 heterocycles. The van der Waals surface area contributed by atoms with Gasteiger partial charge in [-0.15, -0.1) is 0 Å². The molecule has 0 aliphatic carbocycles. The molecule has 2 aliphatic rings. The monoisotopic (exact) mass is 408 g/mol. The summed E-state index contributed by atoms with van der Waals surface area (Å²) in [5.41, 5.74) is 2.74. The SMILES string of the molecule is O=C(Nc1ccccc1N1CCCCC1)C1CCN(c2ccccc2[N+](=O)[O-])CC1. The van der Waals surface area contributed by atoms with Gasteiger partial charge in [0.25, 0.3) is 5.69 Å². The third-order valence-corrected chi connectivity index (χ3v) is 6.14. The van der Waals surface area contributed by atoms with Crippen molar-refractivity contribution in [3.63, 3.8) is 0 Å². The standard InChI is InChI=1S/C23H28N4O3/c28-23(24-19-8-2-3-9-20(19)25-14-6-1-7-15-25)18-12-16-26(17-13-18)21-10-4-5-11-22(21)27(29)30/h2-5,8-11,18H,1,6-7,12-17H2,(H,24,28). The predicted octanol–water partition coefficient (Wildman–Crippen LogP) is 4.44. The molecule has 0 aromatic heterocycles. The number of nitro benzene ring substituents is 1. The molecule has 7 heteroatoms. The van der Waals surface area contributed by atoms with Crippen molar-refractivity contribution in [3.8, 4) is 0 Å². The van der Waals surface area contributed by atoms with E-state index in [1.165, 1.54) is 25.3 Å². The van der Waals surface area contributed by atoms with E-state index in [4.69, 9.17) is 0 Å². The molecule has 2 aromatic rings. The summed E-state index contributed by atoms with van der Waals surface area (Å²) in [6.45, 7) is 3.33. The number of amides is 1. The molecule has 1 amide bonds. The zero-order valence-corrected chi connectivity index (χ0v) is 17.1. The highest BCUT2D eigenvalue weighted by Gasteiger charge is 2.28. The number of carbonyl (C=O) groups is 1. The average molecular weight is 409 g/mol. The molecule has 0 unspecified atom stereocenters. The van der Waals surface area contributed by atoms with Crippen molar-refractivity contribution in [2.75, 3.05) is 41.3 Å². The number of nitrogens with zero attached hydrogens (tertiary/aromatic N) is 3. The Hall–Kier alpha value is -3.09. The van der Waals surface area contributed by atoms with Crippen LogP contribution in [0.15, 0.2) is 48.5 Å². The molecule has 7 nitrogen and oxygen atoms in total. The normalized spacial score (nSPS) is 17.6.